The average Bonchev–Trinajstić information content (AvgIpc) is 2.60. The van der Waals surface area contributed by atoms with Gasteiger partial charge in [-0.25, -0.2) is 0 Å². The summed E-state index contributed by atoms with van der Waals surface area (Å²) >= 11 is 0. The van der Waals surface area contributed by atoms with Crippen molar-refractivity contribution in [3.05, 3.63) is 38.8 Å². The van der Waals surface area contributed by atoms with Crippen LogP contribution in [-0.4, -0.2) is 4.98 Å². The van der Waals surface area contributed by atoms with Gasteiger partial charge in [0, 0.05) is 11.3 Å². The van der Waals surface area contributed by atoms with Gasteiger partial charge in [-0.1, -0.05) is 19.1 Å². The summed E-state index contributed by atoms with van der Waals surface area (Å²) in [5.41, 5.74) is 4.44. The zero-order chi connectivity index (χ0) is 9.42. The van der Waals surface area contributed by atoms with Crippen molar-refractivity contribution in [2.75, 3.05) is 0 Å². The van der Waals surface area contributed by atoms with Crippen molar-refractivity contribution in [3.63, 3.8) is 0 Å². The lowest BCUT2D eigenvalue weighted by Crippen LogP contribution is -2.16. The first-order valence-electron chi connectivity index (χ1n) is 4.65. The van der Waals surface area contributed by atoms with Crippen LogP contribution in [0.15, 0.2) is 10.9 Å². The number of hydrogen-bond donors (Lipinski definition) is 1. The molecular formula is C11H13NO. The molecule has 0 spiro atoms. The Morgan fingerprint density at radius 2 is 2.31 bits per heavy atom. The van der Waals surface area contributed by atoms with Crippen molar-refractivity contribution in [2.24, 2.45) is 0 Å². The Hall–Kier alpha value is -1.31. The molecule has 1 heterocycles. The fourth-order valence-electron chi connectivity index (χ4n) is 1.89. The third kappa shape index (κ3) is 1.13. The summed E-state index contributed by atoms with van der Waals surface area (Å²) < 4.78 is 0. The van der Waals surface area contributed by atoms with Crippen LogP contribution in [0.2, 0.25) is 0 Å². The number of hydrogen-bond acceptors (Lipinski definition) is 1. The first-order valence-corrected chi connectivity index (χ1v) is 4.65. The highest BCUT2D eigenvalue weighted by molar-refractivity contribution is 5.63. The second kappa shape index (κ2) is 2.87. The van der Waals surface area contributed by atoms with Crippen LogP contribution in [0.4, 0.5) is 0 Å². The molecule has 0 unspecified atom stereocenters. The van der Waals surface area contributed by atoms with Crippen LogP contribution < -0.4 is 5.56 Å². The minimum Gasteiger partial charge on any atom is -0.326 e. The zero-order valence-corrected chi connectivity index (χ0v) is 7.98. The summed E-state index contributed by atoms with van der Waals surface area (Å²) in [7, 11) is 0. The molecular weight excluding hydrogens is 162 g/mol. The number of aromatic amines is 1. The second-order valence-corrected chi connectivity index (χ2v) is 3.41. The number of aromatic nitrogens is 1. The van der Waals surface area contributed by atoms with E-state index in [-0.39, 0.29) is 5.56 Å². The Morgan fingerprint density at radius 3 is 3.00 bits per heavy atom. The van der Waals surface area contributed by atoms with Gasteiger partial charge in [0.05, 0.1) is 0 Å². The van der Waals surface area contributed by atoms with E-state index in [4.69, 9.17) is 0 Å². The summed E-state index contributed by atoms with van der Waals surface area (Å²) in [6.07, 6.45) is 5.78. The molecule has 0 fully saturated rings. The van der Waals surface area contributed by atoms with Crippen LogP contribution in [0.1, 0.15) is 29.3 Å². The maximum Gasteiger partial charge on any atom is 0.252 e. The number of nitrogens with one attached hydrogen (secondary N) is 1. The summed E-state index contributed by atoms with van der Waals surface area (Å²) in [4.78, 5) is 14.5. The molecule has 0 atom stereocenters. The number of allylic oxidation sites excluding steroid dienone is 1. The highest BCUT2D eigenvalue weighted by Crippen LogP contribution is 2.21. The predicted molar refractivity (Wildman–Crippen MR) is 53.9 cm³/mol. The van der Waals surface area contributed by atoms with E-state index in [1.54, 1.807) is 0 Å². The fourth-order valence-corrected chi connectivity index (χ4v) is 1.89. The molecule has 2 rings (SSSR count). The van der Waals surface area contributed by atoms with Crippen LogP contribution in [0.25, 0.3) is 6.08 Å². The Labute approximate surface area is 77.3 Å². The predicted octanol–water partition coefficient (Wildman–Crippen LogP) is 1.82. The summed E-state index contributed by atoms with van der Waals surface area (Å²) in [5.74, 6) is 0. The fraction of sp³-hybridized carbons (Fsp3) is 0.364. The largest absolute Gasteiger partial charge is 0.326 e. The van der Waals surface area contributed by atoms with E-state index < -0.39 is 0 Å². The van der Waals surface area contributed by atoms with E-state index in [1.807, 2.05) is 6.08 Å². The summed E-state index contributed by atoms with van der Waals surface area (Å²) in [6, 6.07) is 0. The van der Waals surface area contributed by atoms with E-state index in [1.165, 1.54) is 5.56 Å². The molecule has 0 saturated heterocycles. The van der Waals surface area contributed by atoms with Crippen molar-refractivity contribution >= 4 is 6.08 Å². The number of rotatable bonds is 1. The molecule has 0 amide bonds. The summed E-state index contributed by atoms with van der Waals surface area (Å²) in [5, 5.41) is 0. The molecule has 1 aliphatic carbocycles. The van der Waals surface area contributed by atoms with Gasteiger partial charge >= 0.3 is 0 Å². The highest BCUT2D eigenvalue weighted by Gasteiger charge is 2.13. The molecule has 0 radical (unpaired) electrons. The van der Waals surface area contributed by atoms with E-state index in [0.29, 0.717) is 0 Å². The topological polar surface area (TPSA) is 32.9 Å². The van der Waals surface area contributed by atoms with E-state index in [9.17, 15) is 4.79 Å². The lowest BCUT2D eigenvalue weighted by atomic mass is 10.0. The lowest BCUT2D eigenvalue weighted by molar-refractivity contribution is 0.965. The zero-order valence-electron chi connectivity index (χ0n) is 7.98. The Bertz CT molecular complexity index is 426. The Balaban J connectivity index is 2.75. The third-order valence-corrected chi connectivity index (χ3v) is 2.68. The number of pyridine rings is 1. The molecule has 68 valence electrons. The number of H-pyrrole nitrogens is 1. The maximum absolute atomic E-state index is 11.5. The molecule has 0 aromatic carbocycles. The molecule has 1 aliphatic rings. The van der Waals surface area contributed by atoms with Crippen molar-refractivity contribution in [2.45, 2.75) is 26.7 Å². The molecule has 2 nitrogen and oxygen atoms in total. The van der Waals surface area contributed by atoms with E-state index in [2.05, 4.69) is 24.9 Å². The minimum absolute atomic E-state index is 0.0856. The second-order valence-electron chi connectivity index (χ2n) is 3.41. The molecule has 13 heavy (non-hydrogen) atoms. The molecule has 0 aliphatic heterocycles. The Kier molecular flexibility index (Phi) is 1.83. The van der Waals surface area contributed by atoms with Gasteiger partial charge in [-0.2, -0.15) is 0 Å². The van der Waals surface area contributed by atoms with Gasteiger partial charge in [-0.05, 0) is 30.9 Å². The van der Waals surface area contributed by atoms with Gasteiger partial charge in [0.2, 0.25) is 0 Å². The van der Waals surface area contributed by atoms with E-state index in [0.717, 1.165) is 29.7 Å². The SMILES string of the molecule is CCc1[nH]c(=O)c2c(c1C)C=CC2. The van der Waals surface area contributed by atoms with Crippen molar-refractivity contribution in [1.29, 1.82) is 0 Å². The first-order chi connectivity index (χ1) is 6.24. The van der Waals surface area contributed by atoms with Crippen LogP contribution in [0.5, 0.6) is 0 Å². The molecule has 1 aromatic rings. The van der Waals surface area contributed by atoms with Gasteiger partial charge in [-0.15, -0.1) is 0 Å². The normalized spacial score (nSPS) is 13.4. The maximum atomic E-state index is 11.5. The molecule has 2 heteroatoms. The highest BCUT2D eigenvalue weighted by atomic mass is 16.1. The average molecular weight is 175 g/mol. The standard InChI is InChI=1S/C11H13NO/c1-3-10-7(2)8-5-4-6-9(8)11(13)12-10/h4-5H,3,6H2,1-2H3,(H,12,13). The number of aryl methyl sites for hydroxylation is 1. The summed E-state index contributed by atoms with van der Waals surface area (Å²) in [6.45, 7) is 4.13. The molecule has 0 bridgehead atoms. The van der Waals surface area contributed by atoms with Crippen LogP contribution in [-0.2, 0) is 12.8 Å². The third-order valence-electron chi connectivity index (χ3n) is 2.68. The first kappa shape index (κ1) is 8.30. The Morgan fingerprint density at radius 1 is 1.54 bits per heavy atom. The van der Waals surface area contributed by atoms with Crippen molar-refractivity contribution < 1.29 is 0 Å². The van der Waals surface area contributed by atoms with Gasteiger partial charge in [0.1, 0.15) is 0 Å². The van der Waals surface area contributed by atoms with Crippen LogP contribution in [0.3, 0.4) is 0 Å². The minimum atomic E-state index is 0.0856. The van der Waals surface area contributed by atoms with Crippen LogP contribution >= 0.6 is 0 Å². The molecule has 0 saturated carbocycles. The quantitative estimate of drug-likeness (QED) is 0.693. The van der Waals surface area contributed by atoms with E-state index >= 15 is 0 Å². The van der Waals surface area contributed by atoms with Gasteiger partial charge in [0.15, 0.2) is 0 Å². The van der Waals surface area contributed by atoms with Crippen LogP contribution in [0, 0.1) is 6.92 Å². The van der Waals surface area contributed by atoms with Gasteiger partial charge < -0.3 is 4.98 Å². The smallest absolute Gasteiger partial charge is 0.252 e. The molecule has 1 N–H and O–H groups in total. The van der Waals surface area contributed by atoms with Crippen molar-refractivity contribution in [3.8, 4) is 0 Å². The van der Waals surface area contributed by atoms with Gasteiger partial charge in [-0.3, -0.25) is 4.79 Å². The molecule has 1 aromatic heterocycles. The van der Waals surface area contributed by atoms with Gasteiger partial charge in [0.25, 0.3) is 5.56 Å². The van der Waals surface area contributed by atoms with Crippen molar-refractivity contribution in [1.82, 2.24) is 4.98 Å². The monoisotopic (exact) mass is 175 g/mol. The lowest BCUT2D eigenvalue weighted by Gasteiger charge is -2.07. The number of fused-ring (bicyclic) bond motifs is 1.